The van der Waals surface area contributed by atoms with Crippen LogP contribution in [0.2, 0.25) is 0 Å². The van der Waals surface area contributed by atoms with Gasteiger partial charge in [-0.25, -0.2) is 13.2 Å². The van der Waals surface area contributed by atoms with Crippen LogP contribution < -0.4 is 10.1 Å². The van der Waals surface area contributed by atoms with Crippen LogP contribution in [0, 0.1) is 31.3 Å². The molecule has 1 N–H and O–H groups in total. The molecule has 0 radical (unpaired) electrons. The quantitative estimate of drug-likeness (QED) is 0.508. The largest absolute Gasteiger partial charge is 0.493 e. The third kappa shape index (κ3) is 5.60. The van der Waals surface area contributed by atoms with E-state index < -0.39 is 28.9 Å². The van der Waals surface area contributed by atoms with Gasteiger partial charge in [0.25, 0.3) is 5.91 Å². The molecule has 32 heavy (non-hydrogen) atoms. The number of carbonyl (C=O) groups is 2. The Kier molecular flexibility index (Phi) is 7.77. The van der Waals surface area contributed by atoms with Crippen LogP contribution in [-0.4, -0.2) is 42.5 Å². The van der Waals surface area contributed by atoms with Crippen molar-refractivity contribution in [2.45, 2.75) is 45.6 Å². The Balaban J connectivity index is 1.40. The monoisotopic (exact) mass is 448 g/mol. The Morgan fingerprint density at radius 1 is 1.03 bits per heavy atom. The van der Waals surface area contributed by atoms with Gasteiger partial charge in [-0.2, -0.15) is 0 Å². The molecule has 172 valence electrons. The van der Waals surface area contributed by atoms with Gasteiger partial charge in [0, 0.05) is 25.6 Å². The van der Waals surface area contributed by atoms with Crippen molar-refractivity contribution in [3.8, 4) is 5.75 Å². The van der Waals surface area contributed by atoms with Crippen LogP contribution in [0.3, 0.4) is 0 Å². The smallest absolute Gasteiger partial charge is 0.256 e. The summed E-state index contributed by atoms with van der Waals surface area (Å²) >= 11 is 0. The summed E-state index contributed by atoms with van der Waals surface area (Å²) in [4.78, 5) is 26.1. The zero-order valence-corrected chi connectivity index (χ0v) is 18.2. The van der Waals surface area contributed by atoms with Gasteiger partial charge in [0.2, 0.25) is 5.91 Å². The summed E-state index contributed by atoms with van der Waals surface area (Å²) in [6.07, 6.45) is 1.90. The molecular weight excluding hydrogens is 421 g/mol. The van der Waals surface area contributed by atoms with E-state index in [4.69, 9.17) is 4.74 Å². The number of para-hydroxylation sites is 1. The number of aryl methyl sites for hydroxylation is 2. The van der Waals surface area contributed by atoms with Crippen molar-refractivity contribution in [1.82, 2.24) is 10.2 Å². The predicted molar refractivity (Wildman–Crippen MR) is 114 cm³/mol. The van der Waals surface area contributed by atoms with E-state index in [-0.39, 0.29) is 25.0 Å². The van der Waals surface area contributed by atoms with Crippen LogP contribution in [-0.2, 0) is 4.79 Å². The summed E-state index contributed by atoms with van der Waals surface area (Å²) in [7, 11) is 0. The van der Waals surface area contributed by atoms with Gasteiger partial charge in [0.15, 0.2) is 17.5 Å². The average molecular weight is 448 g/mol. The van der Waals surface area contributed by atoms with E-state index in [9.17, 15) is 22.8 Å². The van der Waals surface area contributed by atoms with Crippen LogP contribution in [0.4, 0.5) is 13.2 Å². The Labute approximate surface area is 185 Å². The third-order valence-electron chi connectivity index (χ3n) is 5.62. The first-order valence-corrected chi connectivity index (χ1v) is 10.7. The Morgan fingerprint density at radius 3 is 2.34 bits per heavy atom. The lowest BCUT2D eigenvalue weighted by molar-refractivity contribution is -0.122. The number of hydrogen-bond donors (Lipinski definition) is 1. The van der Waals surface area contributed by atoms with Crippen LogP contribution in [0.5, 0.6) is 5.75 Å². The summed E-state index contributed by atoms with van der Waals surface area (Å²) < 4.78 is 46.2. The fourth-order valence-electron chi connectivity index (χ4n) is 3.82. The fourth-order valence-corrected chi connectivity index (χ4v) is 3.82. The molecule has 3 rings (SSSR count). The molecule has 0 aromatic heterocycles. The van der Waals surface area contributed by atoms with E-state index in [1.807, 2.05) is 32.0 Å². The molecule has 0 unspecified atom stereocenters. The Morgan fingerprint density at radius 2 is 1.69 bits per heavy atom. The van der Waals surface area contributed by atoms with Gasteiger partial charge in [-0.05, 0) is 56.4 Å². The molecule has 1 aliphatic heterocycles. The molecule has 0 atom stereocenters. The highest BCUT2D eigenvalue weighted by Crippen LogP contribution is 2.23. The number of benzene rings is 2. The van der Waals surface area contributed by atoms with Crippen LogP contribution >= 0.6 is 0 Å². The number of nitrogens with one attached hydrogen (secondary N) is 1. The first-order valence-electron chi connectivity index (χ1n) is 10.7. The lowest BCUT2D eigenvalue weighted by Gasteiger charge is -2.32. The highest BCUT2D eigenvalue weighted by Gasteiger charge is 2.27. The minimum absolute atomic E-state index is 0.0912. The molecule has 2 aromatic rings. The number of piperidine rings is 1. The van der Waals surface area contributed by atoms with E-state index in [2.05, 4.69) is 5.32 Å². The minimum Gasteiger partial charge on any atom is -0.493 e. The maximum absolute atomic E-state index is 13.9. The maximum atomic E-state index is 13.9. The molecule has 1 heterocycles. The van der Waals surface area contributed by atoms with E-state index in [0.717, 1.165) is 29.0 Å². The first-order chi connectivity index (χ1) is 15.3. The number of likely N-dealkylation sites (tertiary alicyclic amines) is 1. The first kappa shape index (κ1) is 23.6. The SMILES string of the molecule is Cc1cccc(C)c1OCCCC(=O)NC1CCN(C(=O)c2ccc(F)c(F)c2F)CC1. The molecular formula is C24H27F3N2O3. The highest BCUT2D eigenvalue weighted by atomic mass is 19.2. The van der Waals surface area contributed by atoms with Gasteiger partial charge in [0.1, 0.15) is 5.75 Å². The summed E-state index contributed by atoms with van der Waals surface area (Å²) in [5.74, 6) is -4.39. The van der Waals surface area contributed by atoms with Crippen molar-refractivity contribution >= 4 is 11.8 Å². The molecule has 2 amide bonds. The van der Waals surface area contributed by atoms with E-state index >= 15 is 0 Å². The summed E-state index contributed by atoms with van der Waals surface area (Å²) in [6.45, 7) is 4.97. The van der Waals surface area contributed by atoms with Crippen molar-refractivity contribution < 1.29 is 27.5 Å². The zero-order valence-electron chi connectivity index (χ0n) is 18.2. The summed E-state index contributed by atoms with van der Waals surface area (Å²) in [6, 6.07) is 7.52. The van der Waals surface area contributed by atoms with Gasteiger partial charge in [-0.15, -0.1) is 0 Å². The summed E-state index contributed by atoms with van der Waals surface area (Å²) in [5, 5.41) is 2.95. The average Bonchev–Trinajstić information content (AvgIpc) is 2.77. The van der Waals surface area contributed by atoms with Crippen molar-refractivity contribution in [3.63, 3.8) is 0 Å². The fraction of sp³-hybridized carbons (Fsp3) is 0.417. The van der Waals surface area contributed by atoms with Gasteiger partial charge >= 0.3 is 0 Å². The van der Waals surface area contributed by atoms with Crippen molar-refractivity contribution in [2.24, 2.45) is 0 Å². The molecule has 0 bridgehead atoms. The zero-order chi connectivity index (χ0) is 23.3. The molecule has 5 nitrogen and oxygen atoms in total. The molecule has 0 saturated carbocycles. The Hall–Kier alpha value is -3.03. The number of carbonyl (C=O) groups excluding carboxylic acids is 2. The van der Waals surface area contributed by atoms with E-state index in [1.165, 1.54) is 4.90 Å². The number of rotatable bonds is 7. The second-order valence-electron chi connectivity index (χ2n) is 8.03. The molecule has 1 saturated heterocycles. The number of amides is 2. The molecule has 0 aliphatic carbocycles. The van der Waals surface area contributed by atoms with E-state index in [1.54, 1.807) is 0 Å². The van der Waals surface area contributed by atoms with Crippen molar-refractivity contribution in [1.29, 1.82) is 0 Å². The summed E-state index contributed by atoms with van der Waals surface area (Å²) in [5.41, 5.74) is 1.62. The third-order valence-corrected chi connectivity index (χ3v) is 5.62. The standard InChI is InChI=1S/C24H27F3N2O3/c1-15-5-3-6-16(2)23(15)32-14-4-7-20(30)28-17-10-12-29(13-11-17)24(31)18-8-9-19(25)22(27)21(18)26/h3,5-6,8-9,17H,4,7,10-14H2,1-2H3,(H,28,30). The second-order valence-corrected chi connectivity index (χ2v) is 8.03. The molecule has 1 fully saturated rings. The van der Waals surface area contributed by atoms with Gasteiger partial charge in [-0.3, -0.25) is 9.59 Å². The van der Waals surface area contributed by atoms with Crippen molar-refractivity contribution in [3.05, 3.63) is 64.5 Å². The molecule has 0 spiro atoms. The number of nitrogens with zero attached hydrogens (tertiary/aromatic N) is 1. The molecule has 8 heteroatoms. The lowest BCUT2D eigenvalue weighted by Crippen LogP contribution is -2.46. The van der Waals surface area contributed by atoms with Crippen LogP contribution in [0.25, 0.3) is 0 Å². The second kappa shape index (κ2) is 10.5. The maximum Gasteiger partial charge on any atom is 0.256 e. The normalized spacial score (nSPS) is 14.3. The highest BCUT2D eigenvalue weighted by molar-refractivity contribution is 5.94. The minimum atomic E-state index is -1.65. The lowest BCUT2D eigenvalue weighted by atomic mass is 10.0. The van der Waals surface area contributed by atoms with Gasteiger partial charge in [-0.1, -0.05) is 18.2 Å². The van der Waals surface area contributed by atoms with Crippen molar-refractivity contribution in [2.75, 3.05) is 19.7 Å². The topological polar surface area (TPSA) is 58.6 Å². The van der Waals surface area contributed by atoms with Gasteiger partial charge < -0.3 is 15.0 Å². The number of ether oxygens (including phenoxy) is 1. The number of halogens is 3. The van der Waals surface area contributed by atoms with Crippen LogP contribution in [0.1, 0.15) is 47.2 Å². The molecule has 1 aliphatic rings. The Bertz CT molecular complexity index is 968. The van der Waals surface area contributed by atoms with Crippen LogP contribution in [0.15, 0.2) is 30.3 Å². The van der Waals surface area contributed by atoms with E-state index in [0.29, 0.717) is 32.3 Å². The predicted octanol–water partition coefficient (Wildman–Crippen LogP) is 4.30. The number of hydrogen-bond acceptors (Lipinski definition) is 3. The van der Waals surface area contributed by atoms with Gasteiger partial charge in [0.05, 0.1) is 12.2 Å². The molecule has 2 aromatic carbocycles.